The normalized spacial score (nSPS) is 16.5. The molecule has 1 rings (SSSR count). The van der Waals surface area contributed by atoms with Crippen LogP contribution in [0.25, 0.3) is 0 Å². The lowest BCUT2D eigenvalue weighted by molar-refractivity contribution is -0.127. The van der Waals surface area contributed by atoms with Crippen molar-refractivity contribution in [2.45, 2.75) is 0 Å². The van der Waals surface area contributed by atoms with E-state index in [2.05, 4.69) is 5.32 Å². The van der Waals surface area contributed by atoms with Gasteiger partial charge in [0.15, 0.2) is 0 Å². The van der Waals surface area contributed by atoms with Crippen molar-refractivity contribution in [1.29, 1.82) is 5.26 Å². The molecule has 0 atom stereocenters. The molecule has 1 saturated heterocycles. The first kappa shape index (κ1) is 13.5. The number of amides is 1. The summed E-state index contributed by atoms with van der Waals surface area (Å²) in [6, 6.07) is 1.91. The first-order chi connectivity index (χ1) is 8.19. The average Bonchev–Trinajstić information content (AvgIpc) is 2.36. The highest BCUT2D eigenvalue weighted by Crippen LogP contribution is 2.04. The molecule has 2 N–H and O–H groups in total. The number of carbonyl (C=O) groups excluding carboxylic acids is 1. The summed E-state index contributed by atoms with van der Waals surface area (Å²) in [6.07, 6.45) is 1.49. The number of hydrogen-bond acceptors (Lipinski definition) is 5. The highest BCUT2D eigenvalue weighted by Gasteiger charge is 2.20. The van der Waals surface area contributed by atoms with Gasteiger partial charge in [-0.25, -0.2) is 0 Å². The van der Waals surface area contributed by atoms with Crippen LogP contribution in [0.4, 0.5) is 0 Å². The molecule has 1 fully saturated rings. The number of rotatable bonds is 4. The Hall–Kier alpha value is -1.58. The minimum absolute atomic E-state index is 0.00642. The van der Waals surface area contributed by atoms with E-state index in [0.717, 1.165) is 13.1 Å². The minimum atomic E-state index is -0.237. The molecule has 1 heterocycles. The van der Waals surface area contributed by atoms with Crippen LogP contribution in [-0.4, -0.2) is 67.2 Å². The number of aliphatic hydroxyl groups is 1. The van der Waals surface area contributed by atoms with Gasteiger partial charge in [0.2, 0.25) is 0 Å². The van der Waals surface area contributed by atoms with E-state index in [1.807, 2.05) is 6.07 Å². The molecule has 17 heavy (non-hydrogen) atoms. The van der Waals surface area contributed by atoms with E-state index in [4.69, 9.17) is 10.4 Å². The molecule has 0 aromatic carbocycles. The zero-order chi connectivity index (χ0) is 12.7. The van der Waals surface area contributed by atoms with E-state index in [9.17, 15) is 4.79 Å². The molecule has 0 saturated carbocycles. The van der Waals surface area contributed by atoms with Crippen LogP contribution >= 0.6 is 0 Å². The molecule has 0 unspecified atom stereocenters. The molecule has 94 valence electrons. The molecule has 0 radical (unpaired) electrons. The van der Waals surface area contributed by atoms with Crippen LogP contribution in [-0.2, 0) is 4.79 Å². The fraction of sp³-hybridized carbons (Fsp3) is 0.636. The molecule has 0 aliphatic carbocycles. The number of aliphatic hydroxyl groups excluding tert-OH is 1. The number of piperazine rings is 1. The quantitative estimate of drug-likeness (QED) is 0.472. The lowest BCUT2D eigenvalue weighted by atomic mass is 10.2. The van der Waals surface area contributed by atoms with Gasteiger partial charge in [-0.1, -0.05) is 0 Å². The second-order valence-corrected chi connectivity index (χ2v) is 3.90. The highest BCUT2D eigenvalue weighted by atomic mass is 16.3. The molecule has 0 aromatic rings. The first-order valence-corrected chi connectivity index (χ1v) is 5.62. The number of likely N-dealkylation sites (N-methyl/N-ethyl adjacent to an activating group) is 1. The zero-order valence-corrected chi connectivity index (χ0v) is 10.0. The van der Waals surface area contributed by atoms with Crippen LogP contribution < -0.4 is 5.32 Å². The van der Waals surface area contributed by atoms with Crippen LogP contribution in [0.2, 0.25) is 0 Å². The first-order valence-electron chi connectivity index (χ1n) is 5.62. The van der Waals surface area contributed by atoms with Crippen LogP contribution in [0.3, 0.4) is 0 Å². The topological polar surface area (TPSA) is 79.6 Å². The summed E-state index contributed by atoms with van der Waals surface area (Å²) < 4.78 is 0. The molecule has 6 nitrogen and oxygen atoms in total. The van der Waals surface area contributed by atoms with Gasteiger partial charge in [-0.15, -0.1) is 0 Å². The monoisotopic (exact) mass is 238 g/mol. The van der Waals surface area contributed by atoms with E-state index in [0.29, 0.717) is 19.6 Å². The van der Waals surface area contributed by atoms with Crippen LogP contribution in [0, 0.1) is 11.3 Å². The molecule has 6 heteroatoms. The smallest absolute Gasteiger partial charge is 0.266 e. The summed E-state index contributed by atoms with van der Waals surface area (Å²) in [7, 11) is 1.72. The average molecular weight is 238 g/mol. The molecule has 0 aromatic heterocycles. The van der Waals surface area contributed by atoms with Crippen LogP contribution in [0.15, 0.2) is 11.8 Å². The third kappa shape index (κ3) is 4.06. The Morgan fingerprint density at radius 3 is 2.76 bits per heavy atom. The van der Waals surface area contributed by atoms with Crippen molar-refractivity contribution >= 4 is 5.91 Å². The number of hydrogen-bond donors (Lipinski definition) is 2. The van der Waals surface area contributed by atoms with Crippen molar-refractivity contribution in [3.63, 3.8) is 0 Å². The molecular weight excluding hydrogens is 220 g/mol. The molecule has 0 bridgehead atoms. The molecule has 1 aliphatic rings. The van der Waals surface area contributed by atoms with Gasteiger partial charge in [0.25, 0.3) is 5.91 Å². The summed E-state index contributed by atoms with van der Waals surface area (Å²) in [4.78, 5) is 15.3. The zero-order valence-electron chi connectivity index (χ0n) is 10.0. The SMILES string of the molecule is CN(/C=C(/C#N)C(=O)N1CCNCC1)CCO. The summed E-state index contributed by atoms with van der Waals surface area (Å²) in [6.45, 7) is 3.17. The van der Waals surface area contributed by atoms with Gasteiger partial charge in [-0.05, 0) is 0 Å². The van der Waals surface area contributed by atoms with Gasteiger partial charge >= 0.3 is 0 Å². The van der Waals surface area contributed by atoms with Gasteiger partial charge in [0, 0.05) is 46.0 Å². The maximum Gasteiger partial charge on any atom is 0.266 e. The third-order valence-electron chi connectivity index (χ3n) is 2.56. The van der Waals surface area contributed by atoms with E-state index in [-0.39, 0.29) is 18.1 Å². The Morgan fingerprint density at radius 2 is 2.24 bits per heavy atom. The molecular formula is C11H18N4O2. The van der Waals surface area contributed by atoms with Gasteiger partial charge in [0.1, 0.15) is 11.6 Å². The molecule has 0 spiro atoms. The second-order valence-electron chi connectivity index (χ2n) is 3.90. The summed E-state index contributed by atoms with van der Waals surface area (Å²) in [5.41, 5.74) is 0.114. The second kappa shape index (κ2) is 6.89. The van der Waals surface area contributed by atoms with Gasteiger partial charge in [-0.2, -0.15) is 5.26 Å². The molecule has 1 amide bonds. The van der Waals surface area contributed by atoms with Crippen LogP contribution in [0.1, 0.15) is 0 Å². The Balaban J connectivity index is 2.66. The fourth-order valence-electron chi connectivity index (χ4n) is 1.61. The largest absolute Gasteiger partial charge is 0.395 e. The van der Waals surface area contributed by atoms with Crippen molar-refractivity contribution in [3.8, 4) is 6.07 Å². The van der Waals surface area contributed by atoms with E-state index in [1.165, 1.54) is 6.20 Å². The van der Waals surface area contributed by atoms with Crippen molar-refractivity contribution in [2.24, 2.45) is 0 Å². The maximum atomic E-state index is 12.0. The van der Waals surface area contributed by atoms with Crippen LogP contribution in [0.5, 0.6) is 0 Å². The Labute approximate surface area is 101 Å². The standard InChI is InChI=1S/C11H18N4O2/c1-14(6-7-16)9-10(8-12)11(17)15-4-2-13-3-5-15/h9,13,16H,2-7H2,1H3/b10-9-. The Bertz CT molecular complexity index is 329. The van der Waals surface area contributed by atoms with Crippen molar-refractivity contribution in [1.82, 2.24) is 15.1 Å². The number of nitriles is 1. The predicted octanol–water partition coefficient (Wildman–Crippen LogP) is -1.25. The fourth-order valence-corrected chi connectivity index (χ4v) is 1.61. The maximum absolute atomic E-state index is 12.0. The number of nitrogens with zero attached hydrogens (tertiary/aromatic N) is 3. The Morgan fingerprint density at radius 1 is 1.59 bits per heavy atom. The van der Waals surface area contributed by atoms with Gasteiger partial charge < -0.3 is 20.2 Å². The minimum Gasteiger partial charge on any atom is -0.395 e. The molecule has 1 aliphatic heterocycles. The summed E-state index contributed by atoms with van der Waals surface area (Å²) in [5, 5.41) is 20.9. The number of carbonyl (C=O) groups is 1. The summed E-state index contributed by atoms with van der Waals surface area (Å²) in [5.74, 6) is -0.237. The van der Waals surface area contributed by atoms with Crippen molar-refractivity contribution in [2.75, 3.05) is 46.4 Å². The van der Waals surface area contributed by atoms with E-state index in [1.54, 1.807) is 16.8 Å². The number of nitrogens with one attached hydrogen (secondary N) is 1. The third-order valence-corrected chi connectivity index (χ3v) is 2.56. The van der Waals surface area contributed by atoms with E-state index >= 15 is 0 Å². The van der Waals surface area contributed by atoms with Gasteiger partial charge in [0.05, 0.1) is 6.61 Å². The highest BCUT2D eigenvalue weighted by molar-refractivity contribution is 5.97. The van der Waals surface area contributed by atoms with E-state index < -0.39 is 0 Å². The Kier molecular flexibility index (Phi) is 5.46. The van der Waals surface area contributed by atoms with Crippen molar-refractivity contribution in [3.05, 3.63) is 11.8 Å². The lowest BCUT2D eigenvalue weighted by Crippen LogP contribution is -2.47. The van der Waals surface area contributed by atoms with Crippen molar-refractivity contribution < 1.29 is 9.90 Å². The van der Waals surface area contributed by atoms with Gasteiger partial charge in [-0.3, -0.25) is 4.79 Å². The summed E-state index contributed by atoms with van der Waals surface area (Å²) >= 11 is 0. The predicted molar refractivity (Wildman–Crippen MR) is 62.9 cm³/mol. The lowest BCUT2D eigenvalue weighted by Gasteiger charge is -2.27.